The monoisotopic (exact) mass is 272 g/mol. The predicted molar refractivity (Wildman–Crippen MR) is 82.4 cm³/mol. The van der Waals surface area contributed by atoms with Crippen LogP contribution in [-0.4, -0.2) is 6.04 Å². The summed E-state index contributed by atoms with van der Waals surface area (Å²) in [5.74, 6) is 7.25. The highest BCUT2D eigenvalue weighted by atomic mass is 16.3. The van der Waals surface area contributed by atoms with Gasteiger partial charge in [0.1, 0.15) is 5.76 Å². The molecule has 3 heteroatoms. The van der Waals surface area contributed by atoms with Crippen LogP contribution in [0.1, 0.15) is 43.1 Å². The zero-order valence-electron chi connectivity index (χ0n) is 12.3. The molecule has 1 aromatic heterocycles. The summed E-state index contributed by atoms with van der Waals surface area (Å²) in [4.78, 5) is 0. The quantitative estimate of drug-likeness (QED) is 0.600. The minimum absolute atomic E-state index is 0.269. The van der Waals surface area contributed by atoms with E-state index in [1.165, 1.54) is 11.1 Å². The average Bonchev–Trinajstić information content (AvgIpc) is 2.97. The molecule has 0 fully saturated rings. The molecule has 0 aliphatic heterocycles. The normalized spacial score (nSPS) is 12.8. The van der Waals surface area contributed by atoms with Crippen molar-refractivity contribution >= 4 is 0 Å². The Morgan fingerprint density at radius 1 is 1.15 bits per heavy atom. The van der Waals surface area contributed by atoms with Gasteiger partial charge in [-0.15, -0.1) is 0 Å². The number of nitrogens with one attached hydrogen (secondary N) is 1. The molecule has 20 heavy (non-hydrogen) atoms. The second-order valence-electron chi connectivity index (χ2n) is 5.58. The van der Waals surface area contributed by atoms with Gasteiger partial charge in [-0.3, -0.25) is 11.3 Å². The van der Waals surface area contributed by atoms with Gasteiger partial charge in [0.25, 0.3) is 0 Å². The third-order valence-corrected chi connectivity index (χ3v) is 3.68. The van der Waals surface area contributed by atoms with Crippen LogP contribution in [0.5, 0.6) is 0 Å². The summed E-state index contributed by atoms with van der Waals surface area (Å²) in [7, 11) is 0. The fourth-order valence-corrected chi connectivity index (χ4v) is 2.34. The van der Waals surface area contributed by atoms with E-state index in [4.69, 9.17) is 10.3 Å². The summed E-state index contributed by atoms with van der Waals surface area (Å²) in [5, 5.41) is 0. The van der Waals surface area contributed by atoms with Gasteiger partial charge in [0.05, 0.1) is 6.26 Å². The molecule has 2 aromatic rings. The SMILES string of the molecule is CC(C)c1ccc(CC(CCc2ccco2)NN)cc1. The summed E-state index contributed by atoms with van der Waals surface area (Å²) in [6, 6.07) is 13.0. The van der Waals surface area contributed by atoms with Crippen molar-refractivity contribution < 1.29 is 4.42 Å². The van der Waals surface area contributed by atoms with Crippen molar-refractivity contribution in [2.45, 2.75) is 45.1 Å². The zero-order valence-corrected chi connectivity index (χ0v) is 12.3. The smallest absolute Gasteiger partial charge is 0.103 e. The Kier molecular flexibility index (Phi) is 5.39. The first kappa shape index (κ1) is 14.8. The molecule has 0 saturated heterocycles. The molecule has 0 bridgehead atoms. The molecule has 1 heterocycles. The molecular weight excluding hydrogens is 248 g/mol. The van der Waals surface area contributed by atoms with Crippen molar-refractivity contribution in [3.05, 3.63) is 59.5 Å². The minimum atomic E-state index is 0.269. The molecule has 0 aliphatic carbocycles. The van der Waals surface area contributed by atoms with Crippen LogP contribution >= 0.6 is 0 Å². The van der Waals surface area contributed by atoms with Crippen LogP contribution in [0, 0.1) is 0 Å². The highest BCUT2D eigenvalue weighted by Gasteiger charge is 2.09. The molecule has 1 aromatic carbocycles. The van der Waals surface area contributed by atoms with Crippen molar-refractivity contribution in [1.29, 1.82) is 0 Å². The van der Waals surface area contributed by atoms with Crippen LogP contribution < -0.4 is 11.3 Å². The van der Waals surface area contributed by atoms with E-state index in [0.717, 1.165) is 25.0 Å². The van der Waals surface area contributed by atoms with Gasteiger partial charge in [-0.25, -0.2) is 0 Å². The number of furan rings is 1. The third kappa shape index (κ3) is 4.22. The van der Waals surface area contributed by atoms with Crippen molar-refractivity contribution in [3.63, 3.8) is 0 Å². The van der Waals surface area contributed by atoms with Gasteiger partial charge < -0.3 is 4.42 Å². The van der Waals surface area contributed by atoms with E-state index < -0.39 is 0 Å². The first-order valence-electron chi connectivity index (χ1n) is 7.26. The van der Waals surface area contributed by atoms with Crippen LogP contribution in [0.15, 0.2) is 47.1 Å². The number of aryl methyl sites for hydroxylation is 1. The summed E-state index contributed by atoms with van der Waals surface area (Å²) < 4.78 is 5.35. The molecule has 3 nitrogen and oxygen atoms in total. The number of hydrogen-bond acceptors (Lipinski definition) is 3. The van der Waals surface area contributed by atoms with Crippen molar-refractivity contribution in [2.24, 2.45) is 5.84 Å². The molecule has 2 rings (SSSR count). The Labute approximate surface area is 121 Å². The first-order valence-corrected chi connectivity index (χ1v) is 7.26. The van der Waals surface area contributed by atoms with Crippen LogP contribution in [0.2, 0.25) is 0 Å². The molecule has 0 spiro atoms. The van der Waals surface area contributed by atoms with E-state index in [0.29, 0.717) is 5.92 Å². The van der Waals surface area contributed by atoms with E-state index in [9.17, 15) is 0 Å². The number of hydrazine groups is 1. The van der Waals surface area contributed by atoms with Crippen molar-refractivity contribution in [1.82, 2.24) is 5.43 Å². The van der Waals surface area contributed by atoms with Gasteiger partial charge in [0, 0.05) is 12.5 Å². The van der Waals surface area contributed by atoms with Crippen LogP contribution in [-0.2, 0) is 12.8 Å². The molecule has 1 unspecified atom stereocenters. The summed E-state index contributed by atoms with van der Waals surface area (Å²) in [5.41, 5.74) is 5.60. The van der Waals surface area contributed by atoms with E-state index in [1.54, 1.807) is 6.26 Å². The lowest BCUT2D eigenvalue weighted by molar-refractivity contribution is 0.447. The fourth-order valence-electron chi connectivity index (χ4n) is 2.34. The molecule has 0 amide bonds. The first-order chi connectivity index (χ1) is 9.69. The Morgan fingerprint density at radius 3 is 2.45 bits per heavy atom. The lowest BCUT2D eigenvalue weighted by Crippen LogP contribution is -2.37. The largest absolute Gasteiger partial charge is 0.469 e. The highest BCUT2D eigenvalue weighted by molar-refractivity contribution is 5.25. The summed E-state index contributed by atoms with van der Waals surface area (Å²) in [6.07, 6.45) is 4.53. The molecule has 0 saturated carbocycles. The molecule has 1 atom stereocenters. The van der Waals surface area contributed by atoms with E-state index in [1.807, 2.05) is 12.1 Å². The maximum Gasteiger partial charge on any atom is 0.103 e. The fraction of sp³-hybridized carbons (Fsp3) is 0.412. The van der Waals surface area contributed by atoms with Crippen LogP contribution in [0.4, 0.5) is 0 Å². The number of benzene rings is 1. The molecule has 108 valence electrons. The Hall–Kier alpha value is -1.58. The van der Waals surface area contributed by atoms with Gasteiger partial charge in [0.2, 0.25) is 0 Å². The zero-order chi connectivity index (χ0) is 14.4. The van der Waals surface area contributed by atoms with E-state index in [-0.39, 0.29) is 6.04 Å². The number of nitrogens with two attached hydrogens (primary N) is 1. The summed E-state index contributed by atoms with van der Waals surface area (Å²) in [6.45, 7) is 4.42. The van der Waals surface area contributed by atoms with Gasteiger partial charge >= 0.3 is 0 Å². The van der Waals surface area contributed by atoms with E-state index in [2.05, 4.69) is 43.5 Å². The standard InChI is InChI=1S/C17H24N2O/c1-13(2)15-7-5-14(6-8-15)12-16(19-18)9-10-17-4-3-11-20-17/h3-8,11,13,16,19H,9-10,12,18H2,1-2H3. The van der Waals surface area contributed by atoms with Gasteiger partial charge in [-0.1, -0.05) is 38.1 Å². The topological polar surface area (TPSA) is 51.2 Å². The maximum atomic E-state index is 5.66. The van der Waals surface area contributed by atoms with Gasteiger partial charge in [-0.2, -0.15) is 0 Å². The lowest BCUT2D eigenvalue weighted by Gasteiger charge is -2.16. The Morgan fingerprint density at radius 2 is 1.90 bits per heavy atom. The predicted octanol–water partition coefficient (Wildman–Crippen LogP) is 3.41. The number of rotatable bonds is 7. The third-order valence-electron chi connectivity index (χ3n) is 3.68. The minimum Gasteiger partial charge on any atom is -0.469 e. The second-order valence-corrected chi connectivity index (χ2v) is 5.58. The average molecular weight is 272 g/mol. The van der Waals surface area contributed by atoms with Crippen LogP contribution in [0.3, 0.4) is 0 Å². The Balaban J connectivity index is 1.88. The molecular formula is C17H24N2O. The highest BCUT2D eigenvalue weighted by Crippen LogP contribution is 2.16. The summed E-state index contributed by atoms with van der Waals surface area (Å²) >= 11 is 0. The van der Waals surface area contributed by atoms with Crippen LogP contribution in [0.25, 0.3) is 0 Å². The second kappa shape index (κ2) is 7.27. The van der Waals surface area contributed by atoms with Crippen molar-refractivity contribution in [2.75, 3.05) is 0 Å². The lowest BCUT2D eigenvalue weighted by atomic mass is 9.97. The van der Waals surface area contributed by atoms with E-state index >= 15 is 0 Å². The molecule has 0 aliphatic rings. The van der Waals surface area contributed by atoms with Gasteiger partial charge in [0.15, 0.2) is 0 Å². The maximum absolute atomic E-state index is 5.66. The number of hydrogen-bond donors (Lipinski definition) is 2. The van der Waals surface area contributed by atoms with Crippen molar-refractivity contribution in [3.8, 4) is 0 Å². The molecule has 3 N–H and O–H groups in total. The Bertz CT molecular complexity index is 488. The van der Waals surface area contributed by atoms with Gasteiger partial charge in [-0.05, 0) is 42.0 Å². The molecule has 0 radical (unpaired) electrons.